The Kier molecular flexibility index (Phi) is 4.77. The highest BCUT2D eigenvalue weighted by Crippen LogP contribution is 2.28. The van der Waals surface area contributed by atoms with Crippen LogP contribution in [0.15, 0.2) is 66.9 Å². The number of fused-ring (bicyclic) bond motifs is 1. The lowest BCUT2D eigenvalue weighted by molar-refractivity contribution is 0.720. The van der Waals surface area contributed by atoms with Crippen LogP contribution in [0, 0.1) is 0 Å². The van der Waals surface area contributed by atoms with Crippen molar-refractivity contribution in [3.05, 3.63) is 78.2 Å². The molecule has 0 saturated heterocycles. The molecule has 148 valence electrons. The molecule has 0 unspecified atom stereocenters. The molecule has 0 aliphatic heterocycles. The average Bonchev–Trinajstić information content (AvgIpc) is 3.44. The number of tetrazole rings is 1. The zero-order chi connectivity index (χ0) is 20.3. The number of pyridine rings is 1. The SMILES string of the molecule is CCCc1nc2ccccc2n1Cc1ccc(-c2ccccc2-c2nn[nH]n2)nc1. The van der Waals surface area contributed by atoms with Crippen molar-refractivity contribution in [2.75, 3.05) is 0 Å². The van der Waals surface area contributed by atoms with Crippen LogP contribution < -0.4 is 0 Å². The van der Waals surface area contributed by atoms with Crippen molar-refractivity contribution in [2.45, 2.75) is 26.3 Å². The molecule has 5 rings (SSSR count). The molecule has 0 radical (unpaired) electrons. The van der Waals surface area contributed by atoms with Crippen molar-refractivity contribution in [2.24, 2.45) is 0 Å². The van der Waals surface area contributed by atoms with Gasteiger partial charge in [0, 0.05) is 23.7 Å². The first-order valence-electron chi connectivity index (χ1n) is 10.1. The smallest absolute Gasteiger partial charge is 0.205 e. The molecule has 0 fully saturated rings. The highest BCUT2D eigenvalue weighted by molar-refractivity contribution is 5.78. The summed E-state index contributed by atoms with van der Waals surface area (Å²) in [6.45, 7) is 2.93. The van der Waals surface area contributed by atoms with Crippen molar-refractivity contribution in [3.8, 4) is 22.6 Å². The number of aromatic amines is 1. The maximum absolute atomic E-state index is 4.82. The van der Waals surface area contributed by atoms with Gasteiger partial charge in [-0.3, -0.25) is 4.98 Å². The van der Waals surface area contributed by atoms with Gasteiger partial charge in [0.05, 0.1) is 23.3 Å². The van der Waals surface area contributed by atoms with Crippen LogP contribution in [0.3, 0.4) is 0 Å². The maximum atomic E-state index is 4.82. The summed E-state index contributed by atoms with van der Waals surface area (Å²) in [7, 11) is 0. The Hall–Kier alpha value is -3.87. The molecule has 1 N–H and O–H groups in total. The van der Waals surface area contributed by atoms with Crippen LogP contribution in [0.1, 0.15) is 24.7 Å². The summed E-state index contributed by atoms with van der Waals surface area (Å²) < 4.78 is 2.29. The number of hydrogen-bond acceptors (Lipinski definition) is 5. The van der Waals surface area contributed by atoms with E-state index in [2.05, 4.69) is 56.4 Å². The van der Waals surface area contributed by atoms with Gasteiger partial charge in [-0.05, 0) is 35.4 Å². The summed E-state index contributed by atoms with van der Waals surface area (Å²) in [4.78, 5) is 9.56. The van der Waals surface area contributed by atoms with E-state index >= 15 is 0 Å². The molecule has 0 atom stereocenters. The summed E-state index contributed by atoms with van der Waals surface area (Å²) in [5.41, 5.74) is 6.09. The van der Waals surface area contributed by atoms with Crippen LogP contribution >= 0.6 is 0 Å². The van der Waals surface area contributed by atoms with Crippen molar-refractivity contribution < 1.29 is 0 Å². The minimum atomic E-state index is 0.561. The van der Waals surface area contributed by atoms with Gasteiger partial charge >= 0.3 is 0 Å². The number of nitrogens with one attached hydrogen (secondary N) is 1. The number of benzene rings is 2. The molecule has 0 saturated carbocycles. The lowest BCUT2D eigenvalue weighted by Crippen LogP contribution is -2.05. The molecule has 3 heterocycles. The number of para-hydroxylation sites is 2. The molecular weight excluding hydrogens is 374 g/mol. The highest BCUT2D eigenvalue weighted by Gasteiger charge is 2.13. The second kappa shape index (κ2) is 7.87. The molecule has 0 amide bonds. The Bertz CT molecular complexity index is 1270. The molecule has 7 nitrogen and oxygen atoms in total. The fraction of sp³-hybridized carbons (Fsp3) is 0.174. The predicted octanol–water partition coefficient (Wildman–Crippen LogP) is 4.28. The molecule has 0 bridgehead atoms. The summed E-state index contributed by atoms with van der Waals surface area (Å²) in [6.07, 6.45) is 3.96. The number of aromatic nitrogens is 7. The van der Waals surface area contributed by atoms with Crippen LogP contribution in [0.2, 0.25) is 0 Å². The summed E-state index contributed by atoms with van der Waals surface area (Å²) >= 11 is 0. The Balaban J connectivity index is 1.48. The van der Waals surface area contributed by atoms with Crippen LogP contribution in [-0.2, 0) is 13.0 Å². The number of hydrogen-bond donors (Lipinski definition) is 1. The number of nitrogens with zero attached hydrogens (tertiary/aromatic N) is 6. The number of aryl methyl sites for hydroxylation is 1. The van der Waals surface area contributed by atoms with E-state index in [4.69, 9.17) is 9.97 Å². The van der Waals surface area contributed by atoms with E-state index in [9.17, 15) is 0 Å². The van der Waals surface area contributed by atoms with Crippen LogP contribution in [0.4, 0.5) is 0 Å². The average molecular weight is 395 g/mol. The van der Waals surface area contributed by atoms with Gasteiger partial charge in [0.15, 0.2) is 0 Å². The Labute approximate surface area is 173 Å². The van der Waals surface area contributed by atoms with Gasteiger partial charge in [0.2, 0.25) is 5.82 Å². The van der Waals surface area contributed by atoms with Crippen LogP contribution in [0.25, 0.3) is 33.7 Å². The monoisotopic (exact) mass is 395 g/mol. The first kappa shape index (κ1) is 18.2. The van der Waals surface area contributed by atoms with E-state index < -0.39 is 0 Å². The molecule has 5 aromatic rings. The first-order chi connectivity index (χ1) is 14.8. The van der Waals surface area contributed by atoms with Gasteiger partial charge in [-0.2, -0.15) is 5.21 Å². The van der Waals surface area contributed by atoms with Gasteiger partial charge in [-0.1, -0.05) is 49.4 Å². The maximum Gasteiger partial charge on any atom is 0.205 e. The fourth-order valence-corrected chi connectivity index (χ4v) is 3.75. The summed E-state index contributed by atoms with van der Waals surface area (Å²) in [5, 5.41) is 14.4. The van der Waals surface area contributed by atoms with Crippen molar-refractivity contribution in [1.82, 2.24) is 35.2 Å². The molecule has 7 heteroatoms. The predicted molar refractivity (Wildman–Crippen MR) is 116 cm³/mol. The topological polar surface area (TPSA) is 85.2 Å². The molecule has 0 aliphatic carbocycles. The molecule has 3 aromatic heterocycles. The molecule has 0 spiro atoms. The van der Waals surface area contributed by atoms with Crippen LogP contribution in [0.5, 0.6) is 0 Å². The first-order valence-corrected chi connectivity index (χ1v) is 10.1. The summed E-state index contributed by atoms with van der Waals surface area (Å²) in [5.74, 6) is 1.68. The Morgan fingerprint density at radius 3 is 2.53 bits per heavy atom. The fourth-order valence-electron chi connectivity index (χ4n) is 3.75. The Morgan fingerprint density at radius 2 is 1.77 bits per heavy atom. The third-order valence-electron chi connectivity index (χ3n) is 5.16. The van der Waals surface area contributed by atoms with E-state index in [1.165, 1.54) is 0 Å². The lowest BCUT2D eigenvalue weighted by Gasteiger charge is -2.10. The van der Waals surface area contributed by atoms with Crippen LogP contribution in [-0.4, -0.2) is 35.2 Å². The molecule has 0 aliphatic rings. The second-order valence-electron chi connectivity index (χ2n) is 7.19. The van der Waals surface area contributed by atoms with Gasteiger partial charge < -0.3 is 4.57 Å². The zero-order valence-corrected chi connectivity index (χ0v) is 16.7. The zero-order valence-electron chi connectivity index (χ0n) is 16.7. The third-order valence-corrected chi connectivity index (χ3v) is 5.16. The van der Waals surface area contributed by atoms with Crippen molar-refractivity contribution in [3.63, 3.8) is 0 Å². The third kappa shape index (κ3) is 3.34. The van der Waals surface area contributed by atoms with E-state index in [-0.39, 0.29) is 0 Å². The second-order valence-corrected chi connectivity index (χ2v) is 7.19. The quantitative estimate of drug-likeness (QED) is 0.464. The highest BCUT2D eigenvalue weighted by atomic mass is 15.5. The number of rotatable bonds is 6. The largest absolute Gasteiger partial charge is 0.323 e. The molecular formula is C23H21N7. The van der Waals surface area contributed by atoms with Gasteiger partial charge in [-0.15, -0.1) is 10.2 Å². The van der Waals surface area contributed by atoms with Crippen molar-refractivity contribution in [1.29, 1.82) is 0 Å². The van der Waals surface area contributed by atoms with Gasteiger partial charge in [-0.25, -0.2) is 4.98 Å². The minimum Gasteiger partial charge on any atom is -0.323 e. The van der Waals surface area contributed by atoms with E-state index in [1.807, 2.05) is 42.6 Å². The van der Waals surface area contributed by atoms with Crippen molar-refractivity contribution >= 4 is 11.0 Å². The molecule has 2 aromatic carbocycles. The summed E-state index contributed by atoms with van der Waals surface area (Å²) in [6, 6.07) is 20.4. The minimum absolute atomic E-state index is 0.561. The van der Waals surface area contributed by atoms with E-state index in [0.29, 0.717) is 5.82 Å². The number of imidazole rings is 1. The van der Waals surface area contributed by atoms with E-state index in [0.717, 1.165) is 58.6 Å². The number of H-pyrrole nitrogens is 1. The van der Waals surface area contributed by atoms with E-state index in [1.54, 1.807) is 0 Å². The standard InChI is InChI=1S/C23H21N7/c1-2-7-22-25-20-10-5-6-11-21(20)30(22)15-16-12-13-19(24-14-16)17-8-3-4-9-18(17)23-26-28-29-27-23/h3-6,8-14H,2,7,15H2,1H3,(H,26,27,28,29). The lowest BCUT2D eigenvalue weighted by atomic mass is 10.0. The Morgan fingerprint density at radius 1 is 0.933 bits per heavy atom. The molecule has 30 heavy (non-hydrogen) atoms. The van der Waals surface area contributed by atoms with Gasteiger partial charge in [0.1, 0.15) is 5.82 Å². The normalized spacial score (nSPS) is 11.2. The van der Waals surface area contributed by atoms with Gasteiger partial charge in [0.25, 0.3) is 0 Å².